The van der Waals surface area contributed by atoms with Crippen molar-refractivity contribution in [3.8, 4) is 0 Å². The van der Waals surface area contributed by atoms with Crippen molar-refractivity contribution >= 4 is 11.5 Å². The molecule has 1 N–H and O–H groups in total. The molecule has 1 aliphatic carbocycles. The molecule has 1 aromatic heterocycles. The summed E-state index contributed by atoms with van der Waals surface area (Å²) in [6.45, 7) is 3.71. The number of rotatable bonds is 5. The van der Waals surface area contributed by atoms with Crippen molar-refractivity contribution in [2.75, 3.05) is 18.0 Å². The van der Waals surface area contributed by atoms with Crippen LogP contribution < -0.4 is 10.2 Å². The lowest BCUT2D eigenvalue weighted by atomic mass is 10.2. The van der Waals surface area contributed by atoms with Crippen LogP contribution in [0.3, 0.4) is 0 Å². The van der Waals surface area contributed by atoms with Crippen molar-refractivity contribution in [2.45, 2.75) is 44.7 Å². The second-order valence-corrected chi connectivity index (χ2v) is 5.79. The summed E-state index contributed by atoms with van der Waals surface area (Å²) in [5.74, 6) is 0.539. The molecule has 1 unspecified atom stereocenters. The van der Waals surface area contributed by atoms with E-state index in [1.807, 2.05) is 6.92 Å². The average molecular weight is 276 g/mol. The number of anilines is 1. The van der Waals surface area contributed by atoms with Gasteiger partial charge in [-0.25, -0.2) is 4.98 Å². The highest BCUT2D eigenvalue weighted by Crippen LogP contribution is 2.36. The maximum Gasteiger partial charge on any atom is 0.311 e. The molecule has 20 heavy (non-hydrogen) atoms. The van der Waals surface area contributed by atoms with E-state index in [0.29, 0.717) is 17.9 Å². The Morgan fingerprint density at radius 1 is 1.50 bits per heavy atom. The van der Waals surface area contributed by atoms with Crippen LogP contribution in [0.5, 0.6) is 0 Å². The van der Waals surface area contributed by atoms with Crippen LogP contribution in [0.1, 0.15) is 31.2 Å². The fourth-order valence-corrected chi connectivity index (χ4v) is 2.85. The van der Waals surface area contributed by atoms with Crippen molar-refractivity contribution in [1.29, 1.82) is 0 Å². The molecule has 2 aliphatic rings. The number of hydrogen-bond acceptors (Lipinski definition) is 5. The predicted molar refractivity (Wildman–Crippen MR) is 77.0 cm³/mol. The van der Waals surface area contributed by atoms with E-state index < -0.39 is 0 Å². The van der Waals surface area contributed by atoms with Crippen molar-refractivity contribution in [3.05, 3.63) is 27.9 Å². The lowest BCUT2D eigenvalue weighted by molar-refractivity contribution is -0.384. The van der Waals surface area contributed by atoms with Gasteiger partial charge in [0.15, 0.2) is 0 Å². The van der Waals surface area contributed by atoms with Crippen LogP contribution in [0.2, 0.25) is 0 Å². The third kappa shape index (κ3) is 2.75. The number of aromatic nitrogens is 1. The van der Waals surface area contributed by atoms with Crippen molar-refractivity contribution in [1.82, 2.24) is 10.3 Å². The molecule has 6 nitrogen and oxygen atoms in total. The zero-order chi connectivity index (χ0) is 14.1. The molecule has 0 bridgehead atoms. The normalized spacial score (nSPS) is 21.9. The minimum absolute atomic E-state index is 0.134. The minimum Gasteiger partial charge on any atom is -0.346 e. The van der Waals surface area contributed by atoms with E-state index in [1.54, 1.807) is 12.3 Å². The first-order valence-electron chi connectivity index (χ1n) is 7.26. The minimum atomic E-state index is -0.313. The van der Waals surface area contributed by atoms with E-state index >= 15 is 0 Å². The van der Waals surface area contributed by atoms with Crippen LogP contribution in [-0.2, 0) is 0 Å². The quantitative estimate of drug-likeness (QED) is 0.658. The topological polar surface area (TPSA) is 71.3 Å². The zero-order valence-electron chi connectivity index (χ0n) is 11.7. The molecular weight excluding hydrogens is 256 g/mol. The summed E-state index contributed by atoms with van der Waals surface area (Å²) in [5.41, 5.74) is 0.963. The zero-order valence-corrected chi connectivity index (χ0v) is 11.7. The van der Waals surface area contributed by atoms with Gasteiger partial charge in [0, 0.05) is 30.9 Å². The van der Waals surface area contributed by atoms with E-state index in [2.05, 4.69) is 15.2 Å². The Balaban J connectivity index is 1.88. The molecule has 6 heteroatoms. The number of pyridine rings is 1. The Morgan fingerprint density at radius 3 is 2.90 bits per heavy atom. The second kappa shape index (κ2) is 5.36. The smallest absolute Gasteiger partial charge is 0.311 e. The van der Waals surface area contributed by atoms with Crippen LogP contribution >= 0.6 is 0 Å². The van der Waals surface area contributed by atoms with E-state index in [0.717, 1.165) is 37.9 Å². The van der Waals surface area contributed by atoms with Gasteiger partial charge in [0.1, 0.15) is 0 Å². The number of aryl methyl sites for hydroxylation is 1. The number of nitro groups is 1. The van der Waals surface area contributed by atoms with E-state index in [4.69, 9.17) is 0 Å². The largest absolute Gasteiger partial charge is 0.346 e. The maximum absolute atomic E-state index is 11.3. The number of hydrogen-bond donors (Lipinski definition) is 1. The average Bonchev–Trinajstić information content (AvgIpc) is 3.13. The molecule has 2 fully saturated rings. The van der Waals surface area contributed by atoms with E-state index in [-0.39, 0.29) is 10.6 Å². The highest BCUT2D eigenvalue weighted by Gasteiger charge is 2.35. The van der Waals surface area contributed by atoms with Crippen molar-refractivity contribution in [3.63, 3.8) is 0 Å². The Morgan fingerprint density at radius 2 is 2.30 bits per heavy atom. The van der Waals surface area contributed by atoms with Gasteiger partial charge in [-0.05, 0) is 44.7 Å². The van der Waals surface area contributed by atoms with Crippen LogP contribution in [-0.4, -0.2) is 35.1 Å². The first kappa shape index (κ1) is 13.3. The summed E-state index contributed by atoms with van der Waals surface area (Å²) >= 11 is 0. The van der Waals surface area contributed by atoms with Crippen LogP contribution in [0, 0.1) is 17.0 Å². The molecule has 0 radical (unpaired) electrons. The van der Waals surface area contributed by atoms with Gasteiger partial charge in [-0.2, -0.15) is 0 Å². The Kier molecular flexibility index (Phi) is 3.56. The molecular formula is C14H20N4O2. The van der Waals surface area contributed by atoms with Gasteiger partial charge < -0.3 is 10.2 Å². The molecule has 1 saturated carbocycles. The Hall–Kier alpha value is -1.69. The molecule has 1 aromatic rings. The van der Waals surface area contributed by atoms with Gasteiger partial charge in [0.25, 0.3) is 0 Å². The van der Waals surface area contributed by atoms with Gasteiger partial charge in [-0.3, -0.25) is 10.1 Å². The van der Waals surface area contributed by atoms with Crippen molar-refractivity contribution in [2.24, 2.45) is 0 Å². The van der Waals surface area contributed by atoms with Gasteiger partial charge >= 0.3 is 5.69 Å². The first-order valence-corrected chi connectivity index (χ1v) is 7.26. The molecule has 0 amide bonds. The summed E-state index contributed by atoms with van der Waals surface area (Å²) < 4.78 is 0. The van der Waals surface area contributed by atoms with Gasteiger partial charge in [-0.15, -0.1) is 0 Å². The molecule has 0 aromatic carbocycles. The fraction of sp³-hybridized carbons (Fsp3) is 0.643. The maximum atomic E-state index is 11.3. The van der Waals surface area contributed by atoms with E-state index in [9.17, 15) is 10.1 Å². The summed E-state index contributed by atoms with van der Waals surface area (Å²) in [6.07, 6.45) is 6.27. The van der Waals surface area contributed by atoms with Crippen LogP contribution in [0.4, 0.5) is 11.5 Å². The third-order valence-electron chi connectivity index (χ3n) is 4.02. The van der Waals surface area contributed by atoms with Gasteiger partial charge in [0.2, 0.25) is 5.82 Å². The predicted octanol–water partition coefficient (Wildman–Crippen LogP) is 2.02. The second-order valence-electron chi connectivity index (χ2n) is 5.79. The van der Waals surface area contributed by atoms with E-state index in [1.165, 1.54) is 6.42 Å². The third-order valence-corrected chi connectivity index (χ3v) is 4.02. The van der Waals surface area contributed by atoms with Gasteiger partial charge in [-0.1, -0.05) is 0 Å². The lowest BCUT2D eigenvalue weighted by Gasteiger charge is -2.26. The first-order chi connectivity index (χ1) is 9.65. The van der Waals surface area contributed by atoms with Gasteiger partial charge in [0.05, 0.1) is 4.92 Å². The summed E-state index contributed by atoms with van der Waals surface area (Å²) in [7, 11) is 0. The monoisotopic (exact) mass is 276 g/mol. The molecule has 1 saturated heterocycles. The Labute approximate surface area is 118 Å². The van der Waals surface area contributed by atoms with Crippen LogP contribution in [0.25, 0.3) is 0 Å². The highest BCUT2D eigenvalue weighted by molar-refractivity contribution is 5.60. The number of nitrogens with one attached hydrogen (secondary N) is 1. The molecule has 0 spiro atoms. The van der Waals surface area contributed by atoms with Crippen LogP contribution in [0.15, 0.2) is 12.3 Å². The Bertz CT molecular complexity index is 510. The van der Waals surface area contributed by atoms with Crippen molar-refractivity contribution < 1.29 is 4.92 Å². The summed E-state index contributed by atoms with van der Waals surface area (Å²) in [6, 6.07) is 2.48. The summed E-state index contributed by atoms with van der Waals surface area (Å²) in [5, 5.41) is 14.7. The highest BCUT2D eigenvalue weighted by atomic mass is 16.6. The fourth-order valence-electron chi connectivity index (χ4n) is 2.85. The lowest BCUT2D eigenvalue weighted by Crippen LogP contribution is -2.39. The standard InChI is InChI=1S/C14H20N4O2/c1-10-7-13(18(19)20)14(16-8-10)17(12-4-5-12)9-11-3-2-6-15-11/h7-8,11-12,15H,2-6,9H2,1H3. The number of nitrogens with zero attached hydrogens (tertiary/aromatic N) is 3. The molecule has 2 heterocycles. The summed E-state index contributed by atoms with van der Waals surface area (Å²) in [4.78, 5) is 17.5. The SMILES string of the molecule is Cc1cnc(N(CC2CCCN2)C2CC2)c([N+](=O)[O-])c1. The molecule has 1 aliphatic heterocycles. The molecule has 1 atom stereocenters. The molecule has 108 valence electrons. The molecule has 3 rings (SSSR count).